The molecular formula is C28H33N3O3S. The van der Waals surface area contributed by atoms with Gasteiger partial charge in [-0.15, -0.1) is 0 Å². The zero-order chi connectivity index (χ0) is 24.3. The first-order chi connectivity index (χ1) is 17.0. The molecule has 7 heteroatoms. The summed E-state index contributed by atoms with van der Waals surface area (Å²) < 4.78 is 28.0. The van der Waals surface area contributed by atoms with Crippen molar-refractivity contribution in [1.82, 2.24) is 14.5 Å². The van der Waals surface area contributed by atoms with Crippen LogP contribution in [-0.2, 0) is 14.8 Å². The van der Waals surface area contributed by atoms with Crippen LogP contribution in [0, 0.1) is 5.92 Å². The van der Waals surface area contributed by atoms with Crippen molar-refractivity contribution < 1.29 is 13.2 Å². The minimum Gasteiger partial charge on any atom is -0.354 e. The number of carbonyl (C=O) groups excluding carboxylic acids is 1. The predicted molar refractivity (Wildman–Crippen MR) is 138 cm³/mol. The first-order valence-corrected chi connectivity index (χ1v) is 14.0. The Morgan fingerprint density at radius 3 is 2.23 bits per heavy atom. The number of nitrogens with one attached hydrogen (secondary N) is 1. The fraction of sp³-hybridized carbons (Fsp3) is 0.393. The number of hydrogen-bond acceptors (Lipinski definition) is 4. The Hall–Kier alpha value is -2.74. The zero-order valence-corrected chi connectivity index (χ0v) is 20.8. The highest BCUT2D eigenvalue weighted by atomic mass is 32.2. The quantitative estimate of drug-likeness (QED) is 0.538. The molecule has 0 bridgehead atoms. The Balaban J connectivity index is 1.19. The molecule has 2 saturated heterocycles. The van der Waals surface area contributed by atoms with Crippen LogP contribution in [0.4, 0.5) is 0 Å². The molecule has 2 heterocycles. The number of benzene rings is 3. The summed E-state index contributed by atoms with van der Waals surface area (Å²) in [6.45, 7) is 3.42. The molecule has 35 heavy (non-hydrogen) atoms. The SMILES string of the molecule is O=C(NCC(c1ccccc1)N1CCCC1)C1CCN(S(=O)(=O)c2ccc3ccccc3c2)CC1. The second kappa shape index (κ2) is 10.5. The summed E-state index contributed by atoms with van der Waals surface area (Å²) >= 11 is 0. The van der Waals surface area contributed by atoms with Crippen molar-refractivity contribution in [3.63, 3.8) is 0 Å². The van der Waals surface area contributed by atoms with Crippen molar-refractivity contribution in [2.24, 2.45) is 5.92 Å². The second-order valence-corrected chi connectivity index (χ2v) is 11.5. The minimum absolute atomic E-state index is 0.0351. The normalized spacial score (nSPS) is 19.1. The number of piperidine rings is 1. The maximum absolute atomic E-state index is 13.2. The van der Waals surface area contributed by atoms with Gasteiger partial charge < -0.3 is 5.32 Å². The molecule has 1 unspecified atom stereocenters. The van der Waals surface area contributed by atoms with Crippen molar-refractivity contribution in [3.8, 4) is 0 Å². The monoisotopic (exact) mass is 491 g/mol. The molecule has 0 aliphatic carbocycles. The Bertz CT molecular complexity index is 1260. The third kappa shape index (κ3) is 5.27. The molecular weight excluding hydrogens is 458 g/mol. The average molecular weight is 492 g/mol. The van der Waals surface area contributed by atoms with Gasteiger partial charge in [0, 0.05) is 25.6 Å². The van der Waals surface area contributed by atoms with Crippen LogP contribution >= 0.6 is 0 Å². The fourth-order valence-corrected chi connectivity index (χ4v) is 6.87. The molecule has 5 rings (SSSR count). The third-order valence-electron chi connectivity index (χ3n) is 7.42. The Morgan fingerprint density at radius 1 is 0.857 bits per heavy atom. The highest BCUT2D eigenvalue weighted by Crippen LogP contribution is 2.28. The van der Waals surface area contributed by atoms with Gasteiger partial charge in [0.05, 0.1) is 10.9 Å². The van der Waals surface area contributed by atoms with Crippen molar-refractivity contribution in [2.75, 3.05) is 32.7 Å². The van der Waals surface area contributed by atoms with Gasteiger partial charge in [-0.3, -0.25) is 9.69 Å². The largest absolute Gasteiger partial charge is 0.354 e. The van der Waals surface area contributed by atoms with Gasteiger partial charge in [-0.05, 0) is 67.2 Å². The number of carbonyl (C=O) groups is 1. The summed E-state index contributed by atoms with van der Waals surface area (Å²) in [7, 11) is -3.58. The van der Waals surface area contributed by atoms with Crippen LogP contribution in [-0.4, -0.2) is 56.3 Å². The molecule has 6 nitrogen and oxygen atoms in total. The number of fused-ring (bicyclic) bond motifs is 1. The highest BCUT2D eigenvalue weighted by molar-refractivity contribution is 7.89. The van der Waals surface area contributed by atoms with Crippen LogP contribution in [0.25, 0.3) is 10.8 Å². The van der Waals surface area contributed by atoms with Crippen LogP contribution in [0.2, 0.25) is 0 Å². The van der Waals surface area contributed by atoms with E-state index < -0.39 is 10.0 Å². The van der Waals surface area contributed by atoms with Crippen LogP contribution in [0.3, 0.4) is 0 Å². The first kappa shape index (κ1) is 24.0. The Kier molecular flexibility index (Phi) is 7.18. The van der Waals surface area contributed by atoms with Gasteiger partial charge in [-0.25, -0.2) is 8.42 Å². The molecule has 1 atom stereocenters. The minimum atomic E-state index is -3.58. The molecule has 2 aliphatic heterocycles. The molecule has 3 aromatic carbocycles. The molecule has 0 spiro atoms. The molecule has 184 valence electrons. The lowest BCUT2D eigenvalue weighted by Crippen LogP contribution is -2.44. The topological polar surface area (TPSA) is 69.7 Å². The van der Waals surface area contributed by atoms with Gasteiger partial charge >= 0.3 is 0 Å². The Morgan fingerprint density at radius 2 is 1.51 bits per heavy atom. The van der Waals surface area contributed by atoms with Crippen LogP contribution in [0.15, 0.2) is 77.7 Å². The van der Waals surface area contributed by atoms with Crippen LogP contribution in [0.1, 0.15) is 37.3 Å². The molecule has 0 aromatic heterocycles. The molecule has 1 N–H and O–H groups in total. The van der Waals surface area contributed by atoms with E-state index in [1.807, 2.05) is 48.5 Å². The van der Waals surface area contributed by atoms with Gasteiger partial charge in [-0.1, -0.05) is 60.7 Å². The Labute approximate surface area is 208 Å². The maximum atomic E-state index is 13.2. The lowest BCUT2D eigenvalue weighted by Gasteiger charge is -2.32. The molecule has 3 aromatic rings. The summed E-state index contributed by atoms with van der Waals surface area (Å²) in [6, 6.07) is 23.6. The zero-order valence-electron chi connectivity index (χ0n) is 20.0. The van der Waals surface area contributed by atoms with Crippen molar-refractivity contribution in [3.05, 3.63) is 78.4 Å². The van der Waals surface area contributed by atoms with Gasteiger partial charge in [0.1, 0.15) is 0 Å². The van der Waals surface area contributed by atoms with E-state index in [4.69, 9.17) is 0 Å². The number of sulfonamides is 1. The third-order valence-corrected chi connectivity index (χ3v) is 9.31. The van der Waals surface area contributed by atoms with Gasteiger partial charge in [0.25, 0.3) is 0 Å². The van der Waals surface area contributed by atoms with E-state index >= 15 is 0 Å². The van der Waals surface area contributed by atoms with E-state index in [0.29, 0.717) is 37.4 Å². The van der Waals surface area contributed by atoms with Crippen molar-refractivity contribution >= 4 is 26.7 Å². The molecule has 1 amide bonds. The van der Waals surface area contributed by atoms with Gasteiger partial charge in [0.15, 0.2) is 0 Å². The van der Waals surface area contributed by atoms with Crippen LogP contribution < -0.4 is 5.32 Å². The summed E-state index contributed by atoms with van der Waals surface area (Å²) in [5.41, 5.74) is 1.23. The summed E-state index contributed by atoms with van der Waals surface area (Å²) in [5.74, 6) is -0.124. The number of rotatable bonds is 7. The number of amides is 1. The molecule has 2 fully saturated rings. The van der Waals surface area contributed by atoms with E-state index in [0.717, 1.165) is 23.9 Å². The van der Waals surface area contributed by atoms with E-state index in [1.54, 1.807) is 12.1 Å². The fourth-order valence-electron chi connectivity index (χ4n) is 5.36. The van der Waals surface area contributed by atoms with E-state index in [2.05, 4.69) is 22.3 Å². The smallest absolute Gasteiger partial charge is 0.243 e. The predicted octanol–water partition coefficient (Wildman–Crippen LogP) is 4.19. The first-order valence-electron chi connectivity index (χ1n) is 12.6. The van der Waals surface area contributed by atoms with Crippen LogP contribution in [0.5, 0.6) is 0 Å². The lowest BCUT2D eigenvalue weighted by molar-refractivity contribution is -0.126. The lowest BCUT2D eigenvalue weighted by atomic mass is 9.97. The van der Waals surface area contributed by atoms with Gasteiger partial charge in [0.2, 0.25) is 15.9 Å². The molecule has 0 saturated carbocycles. The standard InChI is InChI=1S/C28H33N3O3S/c32-28(29-21-27(30-16-6-7-17-30)23-9-2-1-3-10-23)24-14-18-31(19-15-24)35(33,34)26-13-12-22-8-4-5-11-25(22)20-26/h1-5,8-13,20,24,27H,6-7,14-19,21H2,(H,29,32). The number of likely N-dealkylation sites (tertiary alicyclic amines) is 1. The van der Waals surface area contributed by atoms with Crippen molar-refractivity contribution in [1.29, 1.82) is 0 Å². The van der Waals surface area contributed by atoms with Gasteiger partial charge in [-0.2, -0.15) is 4.31 Å². The molecule has 2 aliphatic rings. The summed E-state index contributed by atoms with van der Waals surface area (Å²) in [6.07, 6.45) is 3.47. The number of nitrogens with zero attached hydrogens (tertiary/aromatic N) is 2. The number of hydrogen-bond donors (Lipinski definition) is 1. The van der Waals surface area contributed by atoms with E-state index in [-0.39, 0.29) is 17.9 Å². The summed E-state index contributed by atoms with van der Waals surface area (Å²) in [4.78, 5) is 15.8. The maximum Gasteiger partial charge on any atom is 0.243 e. The summed E-state index contributed by atoms with van der Waals surface area (Å²) in [5, 5.41) is 5.11. The van der Waals surface area contributed by atoms with E-state index in [9.17, 15) is 13.2 Å². The van der Waals surface area contributed by atoms with E-state index in [1.165, 1.54) is 22.7 Å². The average Bonchev–Trinajstić information content (AvgIpc) is 3.44. The second-order valence-electron chi connectivity index (χ2n) is 9.60. The highest BCUT2D eigenvalue weighted by Gasteiger charge is 2.33. The van der Waals surface area contributed by atoms with Crippen molar-refractivity contribution in [2.45, 2.75) is 36.6 Å². The molecule has 0 radical (unpaired) electrons.